The van der Waals surface area contributed by atoms with E-state index in [9.17, 15) is 9.90 Å². The second kappa shape index (κ2) is 3.72. The lowest BCUT2D eigenvalue weighted by Gasteiger charge is -2.46. The molecule has 1 saturated carbocycles. The molecule has 0 unspecified atom stereocenters. The van der Waals surface area contributed by atoms with E-state index >= 15 is 0 Å². The molecule has 2 fully saturated rings. The van der Waals surface area contributed by atoms with Gasteiger partial charge < -0.3 is 14.6 Å². The average Bonchev–Trinajstić information content (AvgIpc) is 3.10. The quantitative estimate of drug-likeness (QED) is 0.883. The van der Waals surface area contributed by atoms with Crippen LogP contribution in [0.2, 0.25) is 0 Å². The molecule has 3 rings (SSSR count). The van der Waals surface area contributed by atoms with Gasteiger partial charge in [-0.1, -0.05) is 12.1 Å². The minimum atomic E-state index is -0.700. The molecular formula is C14H16O4. The van der Waals surface area contributed by atoms with Gasteiger partial charge in [0.1, 0.15) is 5.75 Å². The fourth-order valence-corrected chi connectivity index (χ4v) is 2.97. The number of ether oxygens (including phenoxy) is 2. The van der Waals surface area contributed by atoms with Gasteiger partial charge in [-0.2, -0.15) is 0 Å². The highest BCUT2D eigenvalue weighted by Crippen LogP contribution is 2.62. The van der Waals surface area contributed by atoms with Crippen molar-refractivity contribution in [2.24, 2.45) is 5.41 Å². The second-order valence-corrected chi connectivity index (χ2v) is 5.19. The van der Waals surface area contributed by atoms with Crippen molar-refractivity contribution in [3.8, 4) is 5.75 Å². The van der Waals surface area contributed by atoms with E-state index in [1.165, 1.54) is 0 Å². The summed E-state index contributed by atoms with van der Waals surface area (Å²) in [5.41, 5.74) is 0.0262. The van der Waals surface area contributed by atoms with Crippen LogP contribution in [0, 0.1) is 5.41 Å². The van der Waals surface area contributed by atoms with Gasteiger partial charge >= 0.3 is 5.97 Å². The SMILES string of the molecule is COc1cccc(C2(C3(C(=O)O)CC3)COC2)c1. The van der Waals surface area contributed by atoms with Crippen LogP contribution in [0.3, 0.4) is 0 Å². The van der Waals surface area contributed by atoms with Crippen LogP contribution in [0.5, 0.6) is 5.75 Å². The molecule has 0 atom stereocenters. The first kappa shape index (κ1) is 11.5. The molecule has 0 amide bonds. The smallest absolute Gasteiger partial charge is 0.310 e. The minimum absolute atomic E-state index is 0.368. The zero-order chi connectivity index (χ0) is 12.8. The summed E-state index contributed by atoms with van der Waals surface area (Å²) in [5.74, 6) is 0.0635. The Morgan fingerprint density at radius 3 is 2.56 bits per heavy atom. The van der Waals surface area contributed by atoms with Crippen LogP contribution < -0.4 is 4.74 Å². The summed E-state index contributed by atoms with van der Waals surface area (Å²) in [6.45, 7) is 0.985. The van der Waals surface area contributed by atoms with Gasteiger partial charge in [0.25, 0.3) is 0 Å². The Balaban J connectivity index is 2.04. The fraction of sp³-hybridized carbons (Fsp3) is 0.500. The molecule has 96 valence electrons. The van der Waals surface area contributed by atoms with Gasteiger partial charge in [0.05, 0.1) is 31.2 Å². The third kappa shape index (κ3) is 1.32. The van der Waals surface area contributed by atoms with Gasteiger partial charge in [-0.3, -0.25) is 4.79 Å². The second-order valence-electron chi connectivity index (χ2n) is 5.19. The summed E-state index contributed by atoms with van der Waals surface area (Å²) in [4.78, 5) is 11.6. The van der Waals surface area contributed by atoms with E-state index in [1.807, 2.05) is 24.3 Å². The predicted molar refractivity (Wildman–Crippen MR) is 64.8 cm³/mol. The number of carbonyl (C=O) groups is 1. The molecule has 1 aromatic rings. The Labute approximate surface area is 106 Å². The van der Waals surface area contributed by atoms with Crippen LogP contribution in [0.4, 0.5) is 0 Å². The molecule has 1 aromatic carbocycles. The molecule has 1 heterocycles. The molecule has 0 bridgehead atoms. The fourth-order valence-electron chi connectivity index (χ4n) is 2.97. The van der Waals surface area contributed by atoms with Gasteiger partial charge in [-0.05, 0) is 30.5 Å². The highest BCUT2D eigenvalue weighted by Gasteiger charge is 2.68. The summed E-state index contributed by atoms with van der Waals surface area (Å²) in [7, 11) is 1.62. The highest BCUT2D eigenvalue weighted by atomic mass is 16.5. The first-order valence-electron chi connectivity index (χ1n) is 6.10. The molecule has 2 aliphatic rings. The molecular weight excluding hydrogens is 232 g/mol. The Morgan fingerprint density at radius 2 is 2.11 bits per heavy atom. The first-order valence-corrected chi connectivity index (χ1v) is 6.10. The molecule has 1 N–H and O–H groups in total. The summed E-state index contributed by atoms with van der Waals surface area (Å²) < 4.78 is 10.6. The number of rotatable bonds is 4. The molecule has 18 heavy (non-hydrogen) atoms. The number of benzene rings is 1. The Hall–Kier alpha value is -1.55. The van der Waals surface area contributed by atoms with E-state index in [4.69, 9.17) is 9.47 Å². The first-order chi connectivity index (χ1) is 8.64. The summed E-state index contributed by atoms with van der Waals surface area (Å²) in [6.07, 6.45) is 1.48. The summed E-state index contributed by atoms with van der Waals surface area (Å²) in [6, 6.07) is 7.70. The Kier molecular flexibility index (Phi) is 2.38. The molecule has 4 nitrogen and oxygen atoms in total. The number of hydrogen-bond acceptors (Lipinski definition) is 3. The van der Waals surface area contributed by atoms with Crippen molar-refractivity contribution >= 4 is 5.97 Å². The third-order valence-corrected chi connectivity index (χ3v) is 4.39. The van der Waals surface area contributed by atoms with Crippen molar-refractivity contribution in [2.45, 2.75) is 18.3 Å². The molecule has 1 aliphatic carbocycles. The molecule has 4 heteroatoms. The maximum atomic E-state index is 11.6. The van der Waals surface area contributed by atoms with Crippen molar-refractivity contribution in [2.75, 3.05) is 20.3 Å². The van der Waals surface area contributed by atoms with Crippen molar-refractivity contribution in [3.63, 3.8) is 0 Å². The van der Waals surface area contributed by atoms with Gasteiger partial charge in [-0.15, -0.1) is 0 Å². The van der Waals surface area contributed by atoms with E-state index in [2.05, 4.69) is 0 Å². The van der Waals surface area contributed by atoms with Crippen LogP contribution in [0.25, 0.3) is 0 Å². The minimum Gasteiger partial charge on any atom is -0.497 e. The van der Waals surface area contributed by atoms with Crippen molar-refractivity contribution in [3.05, 3.63) is 29.8 Å². The zero-order valence-corrected chi connectivity index (χ0v) is 10.3. The molecule has 1 saturated heterocycles. The zero-order valence-electron chi connectivity index (χ0n) is 10.3. The number of carboxylic acid groups (broad SMARTS) is 1. The maximum Gasteiger partial charge on any atom is 0.310 e. The number of carboxylic acids is 1. The number of aliphatic carboxylic acids is 1. The monoisotopic (exact) mass is 248 g/mol. The van der Waals surface area contributed by atoms with Crippen LogP contribution in [0.1, 0.15) is 18.4 Å². The maximum absolute atomic E-state index is 11.6. The van der Waals surface area contributed by atoms with Gasteiger partial charge in [0.15, 0.2) is 0 Å². The van der Waals surface area contributed by atoms with E-state index in [-0.39, 0.29) is 5.41 Å². The molecule has 0 radical (unpaired) electrons. The normalized spacial score (nSPS) is 22.9. The molecule has 0 aromatic heterocycles. The Morgan fingerprint density at radius 1 is 1.39 bits per heavy atom. The lowest BCUT2D eigenvalue weighted by Crippen LogP contribution is -2.56. The van der Waals surface area contributed by atoms with Crippen LogP contribution in [-0.4, -0.2) is 31.4 Å². The van der Waals surface area contributed by atoms with E-state index < -0.39 is 11.4 Å². The van der Waals surface area contributed by atoms with E-state index in [1.54, 1.807) is 7.11 Å². The number of hydrogen-bond donors (Lipinski definition) is 1. The predicted octanol–water partition coefficient (Wildman–Crippen LogP) is 1.83. The van der Waals surface area contributed by atoms with Crippen molar-refractivity contribution < 1.29 is 19.4 Å². The lowest BCUT2D eigenvalue weighted by atomic mass is 9.66. The van der Waals surface area contributed by atoms with Crippen molar-refractivity contribution in [1.82, 2.24) is 0 Å². The third-order valence-electron chi connectivity index (χ3n) is 4.39. The topological polar surface area (TPSA) is 55.8 Å². The molecule has 1 aliphatic heterocycles. The molecule has 0 spiro atoms. The van der Waals surface area contributed by atoms with E-state index in [0.29, 0.717) is 13.2 Å². The lowest BCUT2D eigenvalue weighted by molar-refractivity contribution is -0.161. The van der Waals surface area contributed by atoms with E-state index in [0.717, 1.165) is 24.2 Å². The van der Waals surface area contributed by atoms with Crippen LogP contribution >= 0.6 is 0 Å². The van der Waals surface area contributed by atoms with Gasteiger partial charge in [0, 0.05) is 0 Å². The largest absolute Gasteiger partial charge is 0.497 e. The summed E-state index contributed by atoms with van der Waals surface area (Å²) in [5, 5.41) is 9.51. The average molecular weight is 248 g/mol. The summed E-state index contributed by atoms with van der Waals surface area (Å²) >= 11 is 0. The van der Waals surface area contributed by atoms with Gasteiger partial charge in [0.2, 0.25) is 0 Å². The van der Waals surface area contributed by atoms with Crippen molar-refractivity contribution in [1.29, 1.82) is 0 Å². The Bertz CT molecular complexity index is 486. The van der Waals surface area contributed by atoms with Crippen LogP contribution in [0.15, 0.2) is 24.3 Å². The van der Waals surface area contributed by atoms with Gasteiger partial charge in [-0.25, -0.2) is 0 Å². The standard InChI is InChI=1S/C14H16O4/c1-17-11-4-2-3-10(7-11)14(8-18-9-14)13(5-6-13)12(15)16/h2-4,7H,5-6,8-9H2,1H3,(H,15,16). The highest BCUT2D eigenvalue weighted by molar-refractivity contribution is 5.81. The van der Waals surface area contributed by atoms with Crippen LogP contribution in [-0.2, 0) is 14.9 Å². The number of methoxy groups -OCH3 is 1.